The fourth-order valence-electron chi connectivity index (χ4n) is 6.37. The van der Waals surface area contributed by atoms with Crippen LogP contribution in [-0.2, 0) is 59.2 Å². The molecular formula is C43H68N10O15. The number of carboxylic acids is 2. The summed E-state index contributed by atoms with van der Waals surface area (Å²) in [4.78, 5) is 141. The van der Waals surface area contributed by atoms with E-state index in [1.807, 2.05) is 0 Å². The second-order valence-electron chi connectivity index (χ2n) is 17.0. The highest BCUT2D eigenvalue weighted by atomic mass is 16.4. The standard InChI is InChI=1S/C43H68N10O15/c1-7-23(6)35(53-33(57)18-46-37(61)29(17-34(58)59)50-40(64)28(16-32(45)56)47-36(60)25(44)19-54)42(66)52-31(20-55)41(65)49-27(15-24-11-9-8-10-12-24)39(63)48-26(13-21(2)3)38(62)51-30(43(67)68)14-22(4)5/h8-12,21-23,25-31,35,54-55H,7,13-20,44H2,1-6H3,(H2,45,56)(H,46,61)(H,47,60)(H,48,63)(H,49,65)(H,50,64)(H,51,62)(H,52,66)(H,53,57)(H,58,59)(H,67,68)/t23-,25-,26-,27-,28-,29-,30-,31-,35-/m0/s1. The SMILES string of the molecule is CC[C@H](C)[C@H](NC(=O)CNC(=O)[C@H](CC(=O)O)NC(=O)[C@H](CC(N)=O)NC(=O)[C@@H](N)CO)C(=O)N[C@@H](CO)C(=O)N[C@@H](Cc1ccccc1)C(=O)N[C@@H](CC(C)C)C(=O)N[C@@H](CC(C)C)C(=O)O. The highest BCUT2D eigenvalue weighted by molar-refractivity contribution is 5.99. The van der Waals surface area contributed by atoms with Crippen molar-refractivity contribution < 1.29 is 73.2 Å². The summed E-state index contributed by atoms with van der Waals surface area (Å²) in [6.45, 7) is 7.66. The first-order chi connectivity index (χ1) is 31.8. The molecule has 0 aliphatic heterocycles. The van der Waals surface area contributed by atoms with Crippen molar-refractivity contribution in [3.05, 3.63) is 35.9 Å². The molecule has 0 spiro atoms. The maximum absolute atomic E-state index is 13.9. The molecule has 68 heavy (non-hydrogen) atoms. The number of aliphatic carboxylic acids is 2. The lowest BCUT2D eigenvalue weighted by molar-refractivity contribution is -0.143. The first-order valence-electron chi connectivity index (χ1n) is 22.0. The molecule has 16 N–H and O–H groups in total. The number of aliphatic hydroxyl groups excluding tert-OH is 2. The zero-order valence-corrected chi connectivity index (χ0v) is 39.0. The van der Waals surface area contributed by atoms with Gasteiger partial charge >= 0.3 is 11.9 Å². The van der Waals surface area contributed by atoms with Crippen LogP contribution in [0.1, 0.15) is 79.2 Å². The number of carbonyl (C=O) groups excluding carboxylic acids is 9. The fraction of sp³-hybridized carbons (Fsp3) is 0.605. The minimum atomic E-state index is -1.88. The van der Waals surface area contributed by atoms with E-state index >= 15 is 0 Å². The number of rotatable bonds is 31. The van der Waals surface area contributed by atoms with Crippen molar-refractivity contribution in [2.45, 2.75) is 128 Å². The summed E-state index contributed by atoms with van der Waals surface area (Å²) >= 11 is 0. The maximum Gasteiger partial charge on any atom is 0.326 e. The minimum absolute atomic E-state index is 0.0845. The van der Waals surface area contributed by atoms with E-state index in [1.165, 1.54) is 0 Å². The fourth-order valence-corrected chi connectivity index (χ4v) is 6.37. The zero-order chi connectivity index (χ0) is 51.8. The molecule has 0 aliphatic rings. The highest BCUT2D eigenvalue weighted by Crippen LogP contribution is 2.12. The van der Waals surface area contributed by atoms with E-state index in [0.717, 1.165) is 0 Å². The number of primary amides is 1. The number of hydrogen-bond acceptors (Lipinski definition) is 14. The Morgan fingerprint density at radius 3 is 1.54 bits per heavy atom. The van der Waals surface area contributed by atoms with Crippen molar-refractivity contribution in [1.29, 1.82) is 0 Å². The molecule has 0 saturated heterocycles. The van der Waals surface area contributed by atoms with Crippen LogP contribution in [0.3, 0.4) is 0 Å². The topological polar surface area (TPSA) is 417 Å². The Balaban J connectivity index is 3.25. The summed E-state index contributed by atoms with van der Waals surface area (Å²) in [6.07, 6.45) is -1.48. The summed E-state index contributed by atoms with van der Waals surface area (Å²) in [7, 11) is 0. The molecule has 0 bridgehead atoms. The van der Waals surface area contributed by atoms with Crippen molar-refractivity contribution in [1.82, 2.24) is 42.5 Å². The number of nitrogens with one attached hydrogen (secondary N) is 8. The van der Waals surface area contributed by atoms with E-state index in [2.05, 4.69) is 42.5 Å². The number of amides is 9. The van der Waals surface area contributed by atoms with Gasteiger partial charge in [-0.3, -0.25) is 47.9 Å². The van der Waals surface area contributed by atoms with Gasteiger partial charge in [0.2, 0.25) is 53.2 Å². The summed E-state index contributed by atoms with van der Waals surface area (Å²) in [5.41, 5.74) is 11.2. The van der Waals surface area contributed by atoms with Gasteiger partial charge in [0.15, 0.2) is 0 Å². The number of aliphatic hydroxyl groups is 2. The van der Waals surface area contributed by atoms with Crippen LogP contribution in [0, 0.1) is 17.8 Å². The quantitative estimate of drug-likeness (QED) is 0.0334. The monoisotopic (exact) mass is 964 g/mol. The van der Waals surface area contributed by atoms with E-state index in [4.69, 9.17) is 16.6 Å². The van der Waals surface area contributed by atoms with Gasteiger partial charge in [-0.15, -0.1) is 0 Å². The summed E-state index contributed by atoms with van der Waals surface area (Å²) in [5, 5.41) is 57.2. The van der Waals surface area contributed by atoms with Crippen LogP contribution in [0.25, 0.3) is 0 Å². The number of nitrogens with two attached hydrogens (primary N) is 2. The lowest BCUT2D eigenvalue weighted by Crippen LogP contribution is -2.61. The van der Waals surface area contributed by atoms with Crippen LogP contribution in [-0.4, -0.2) is 154 Å². The molecule has 0 fully saturated rings. The van der Waals surface area contributed by atoms with E-state index < -0.39 is 152 Å². The third-order valence-electron chi connectivity index (χ3n) is 10.2. The van der Waals surface area contributed by atoms with E-state index in [-0.39, 0.29) is 37.5 Å². The van der Waals surface area contributed by atoms with Gasteiger partial charge in [-0.2, -0.15) is 0 Å². The Kier molecular flexibility index (Phi) is 26.0. The third kappa shape index (κ3) is 21.7. The van der Waals surface area contributed by atoms with Gasteiger partial charge in [-0.25, -0.2) is 4.79 Å². The van der Waals surface area contributed by atoms with E-state index in [1.54, 1.807) is 71.9 Å². The summed E-state index contributed by atoms with van der Waals surface area (Å²) in [5.74, 6) is -12.9. The van der Waals surface area contributed by atoms with Crippen molar-refractivity contribution in [3.63, 3.8) is 0 Å². The van der Waals surface area contributed by atoms with Crippen molar-refractivity contribution in [3.8, 4) is 0 Å². The number of carbonyl (C=O) groups is 11. The molecular weight excluding hydrogens is 897 g/mol. The molecule has 9 atom stereocenters. The maximum atomic E-state index is 13.9. The number of hydrogen-bond donors (Lipinski definition) is 14. The minimum Gasteiger partial charge on any atom is -0.481 e. The average Bonchev–Trinajstić information content (AvgIpc) is 3.26. The highest BCUT2D eigenvalue weighted by Gasteiger charge is 2.35. The lowest BCUT2D eigenvalue weighted by atomic mass is 9.97. The molecule has 0 saturated carbocycles. The summed E-state index contributed by atoms with van der Waals surface area (Å²) in [6, 6.07) is -3.67. The predicted octanol–water partition coefficient (Wildman–Crippen LogP) is -4.38. The van der Waals surface area contributed by atoms with Gasteiger partial charge in [0.1, 0.15) is 48.3 Å². The van der Waals surface area contributed by atoms with Crippen LogP contribution in [0.2, 0.25) is 0 Å². The van der Waals surface area contributed by atoms with Crippen LogP contribution in [0.15, 0.2) is 30.3 Å². The Labute approximate surface area is 393 Å². The van der Waals surface area contributed by atoms with Gasteiger partial charge in [0.05, 0.1) is 32.6 Å². The molecule has 1 aromatic rings. The molecule has 0 aliphatic carbocycles. The molecule has 0 aromatic heterocycles. The molecule has 1 rings (SSSR count). The Morgan fingerprint density at radius 1 is 0.559 bits per heavy atom. The Hall–Kier alpha value is -6.73. The molecule has 25 heteroatoms. The first-order valence-corrected chi connectivity index (χ1v) is 22.0. The van der Waals surface area contributed by atoms with Gasteiger partial charge in [-0.1, -0.05) is 78.3 Å². The molecule has 0 radical (unpaired) electrons. The number of benzene rings is 1. The van der Waals surface area contributed by atoms with Gasteiger partial charge < -0.3 is 74.4 Å². The van der Waals surface area contributed by atoms with Crippen molar-refractivity contribution in [2.75, 3.05) is 19.8 Å². The number of carboxylic acid groups (broad SMARTS) is 2. The normalized spacial score (nSPS) is 15.0. The van der Waals surface area contributed by atoms with Gasteiger partial charge in [0.25, 0.3) is 0 Å². The lowest BCUT2D eigenvalue weighted by Gasteiger charge is -2.28. The predicted molar refractivity (Wildman–Crippen MR) is 241 cm³/mol. The molecule has 1 aromatic carbocycles. The molecule has 25 nitrogen and oxygen atoms in total. The first kappa shape index (κ1) is 59.3. The van der Waals surface area contributed by atoms with Crippen LogP contribution in [0.4, 0.5) is 0 Å². The van der Waals surface area contributed by atoms with E-state index in [9.17, 15) is 68.1 Å². The summed E-state index contributed by atoms with van der Waals surface area (Å²) < 4.78 is 0. The third-order valence-corrected chi connectivity index (χ3v) is 10.2. The largest absolute Gasteiger partial charge is 0.481 e. The van der Waals surface area contributed by atoms with Crippen LogP contribution >= 0.6 is 0 Å². The average molecular weight is 965 g/mol. The van der Waals surface area contributed by atoms with Crippen molar-refractivity contribution in [2.24, 2.45) is 29.2 Å². The second-order valence-corrected chi connectivity index (χ2v) is 17.0. The molecule has 0 heterocycles. The Morgan fingerprint density at radius 2 is 1.03 bits per heavy atom. The van der Waals surface area contributed by atoms with Crippen molar-refractivity contribution >= 4 is 65.1 Å². The molecule has 9 amide bonds. The van der Waals surface area contributed by atoms with E-state index in [0.29, 0.717) is 5.56 Å². The van der Waals surface area contributed by atoms with Crippen LogP contribution < -0.4 is 54.0 Å². The zero-order valence-electron chi connectivity index (χ0n) is 39.0. The Bertz CT molecular complexity index is 1920. The van der Waals surface area contributed by atoms with Crippen LogP contribution in [0.5, 0.6) is 0 Å². The second kappa shape index (κ2) is 29.8. The van der Waals surface area contributed by atoms with Gasteiger partial charge in [0, 0.05) is 6.42 Å². The molecule has 380 valence electrons. The molecule has 0 unspecified atom stereocenters. The van der Waals surface area contributed by atoms with Gasteiger partial charge in [-0.05, 0) is 36.2 Å². The smallest absolute Gasteiger partial charge is 0.326 e.